The average Bonchev–Trinajstić information content (AvgIpc) is 3.03. The Hall–Kier alpha value is -1.60. The lowest BCUT2D eigenvalue weighted by molar-refractivity contribution is 0.101. The first-order valence-corrected chi connectivity index (χ1v) is 9.04. The summed E-state index contributed by atoms with van der Waals surface area (Å²) in [5, 5.41) is 2.56. The number of rotatable bonds is 4. The van der Waals surface area contributed by atoms with E-state index in [9.17, 15) is 9.18 Å². The Bertz CT molecular complexity index is 723. The number of amides is 1. The van der Waals surface area contributed by atoms with E-state index < -0.39 is 11.7 Å². The van der Waals surface area contributed by atoms with Crippen molar-refractivity contribution < 1.29 is 13.9 Å². The maximum absolute atomic E-state index is 13.9. The molecule has 0 aliphatic carbocycles. The second kappa shape index (κ2) is 7.31. The summed E-state index contributed by atoms with van der Waals surface area (Å²) < 4.78 is 20.3. The standard InChI is InChI=1S/C16H14BrFN2O2S/c17-10-3-4-14(13(18)8-10)20-15(21)12-2-1-6-19-16(12)22-11-5-7-23-9-11/h1-4,6,8,11H,5,7,9H2,(H,20,21). The zero-order valence-corrected chi connectivity index (χ0v) is 14.5. The van der Waals surface area contributed by atoms with Crippen LogP contribution >= 0.6 is 27.7 Å². The van der Waals surface area contributed by atoms with Gasteiger partial charge in [0.1, 0.15) is 17.5 Å². The Labute approximate surface area is 146 Å². The van der Waals surface area contributed by atoms with Crippen LogP contribution in [0.3, 0.4) is 0 Å². The highest BCUT2D eigenvalue weighted by Gasteiger charge is 2.21. The Kier molecular flexibility index (Phi) is 5.17. The van der Waals surface area contributed by atoms with E-state index >= 15 is 0 Å². The molecule has 1 aromatic heterocycles. The maximum atomic E-state index is 13.9. The Balaban J connectivity index is 1.78. The molecule has 2 heterocycles. The molecule has 0 bridgehead atoms. The first-order valence-electron chi connectivity index (χ1n) is 7.09. The van der Waals surface area contributed by atoms with Crippen LogP contribution in [0.15, 0.2) is 41.0 Å². The first kappa shape index (κ1) is 16.3. The molecule has 23 heavy (non-hydrogen) atoms. The Morgan fingerprint density at radius 3 is 3.04 bits per heavy atom. The number of carbonyl (C=O) groups excluding carboxylic acids is 1. The van der Waals surface area contributed by atoms with E-state index in [1.54, 1.807) is 24.4 Å². The lowest BCUT2D eigenvalue weighted by atomic mass is 10.2. The number of thioether (sulfide) groups is 1. The highest BCUT2D eigenvalue weighted by molar-refractivity contribution is 9.10. The molecular formula is C16H14BrFN2O2S. The highest BCUT2D eigenvalue weighted by atomic mass is 79.9. The van der Waals surface area contributed by atoms with E-state index in [-0.39, 0.29) is 17.7 Å². The highest BCUT2D eigenvalue weighted by Crippen LogP contribution is 2.25. The number of hydrogen-bond acceptors (Lipinski definition) is 4. The molecule has 1 amide bonds. The summed E-state index contributed by atoms with van der Waals surface area (Å²) in [6.07, 6.45) is 2.57. The van der Waals surface area contributed by atoms with Gasteiger partial charge in [-0.1, -0.05) is 15.9 Å². The molecule has 4 nitrogen and oxygen atoms in total. The molecule has 0 radical (unpaired) electrons. The van der Waals surface area contributed by atoms with Crippen molar-refractivity contribution in [1.82, 2.24) is 4.98 Å². The van der Waals surface area contributed by atoms with Gasteiger partial charge in [-0.15, -0.1) is 0 Å². The maximum Gasteiger partial charge on any atom is 0.261 e. The predicted octanol–water partition coefficient (Wildman–Crippen LogP) is 4.12. The normalized spacial score (nSPS) is 17.0. The van der Waals surface area contributed by atoms with Crippen molar-refractivity contribution in [1.29, 1.82) is 0 Å². The largest absolute Gasteiger partial charge is 0.473 e. The van der Waals surface area contributed by atoms with Gasteiger partial charge in [0, 0.05) is 16.4 Å². The van der Waals surface area contributed by atoms with Gasteiger partial charge >= 0.3 is 0 Å². The number of anilines is 1. The minimum absolute atomic E-state index is 0.0610. The minimum atomic E-state index is -0.508. The molecule has 1 N–H and O–H groups in total. The summed E-state index contributed by atoms with van der Waals surface area (Å²) >= 11 is 5.00. The molecule has 0 saturated carbocycles. The second-order valence-electron chi connectivity index (χ2n) is 5.04. The third-order valence-corrected chi connectivity index (χ3v) is 4.99. The van der Waals surface area contributed by atoms with Crippen LogP contribution in [0.25, 0.3) is 0 Å². The van der Waals surface area contributed by atoms with E-state index in [1.165, 1.54) is 12.1 Å². The molecule has 1 atom stereocenters. The molecular weight excluding hydrogens is 383 g/mol. The van der Waals surface area contributed by atoms with Crippen LogP contribution in [0.4, 0.5) is 10.1 Å². The fourth-order valence-corrected chi connectivity index (χ4v) is 3.63. The van der Waals surface area contributed by atoms with Crippen LogP contribution < -0.4 is 10.1 Å². The van der Waals surface area contributed by atoms with Crippen LogP contribution in [-0.4, -0.2) is 28.5 Å². The second-order valence-corrected chi connectivity index (χ2v) is 7.10. The van der Waals surface area contributed by atoms with Crippen molar-refractivity contribution in [2.24, 2.45) is 0 Å². The summed E-state index contributed by atoms with van der Waals surface area (Å²) in [4.78, 5) is 16.6. The van der Waals surface area contributed by atoms with Gasteiger partial charge in [-0.3, -0.25) is 4.79 Å². The van der Waals surface area contributed by atoms with Crippen molar-refractivity contribution in [3.05, 3.63) is 52.4 Å². The fourth-order valence-electron chi connectivity index (χ4n) is 2.20. The average molecular weight is 397 g/mol. The first-order chi connectivity index (χ1) is 11.1. The zero-order valence-electron chi connectivity index (χ0n) is 12.1. The SMILES string of the molecule is O=C(Nc1ccc(Br)cc1F)c1cccnc1OC1CCSC1. The van der Waals surface area contributed by atoms with Gasteiger partial charge < -0.3 is 10.1 Å². The molecule has 0 spiro atoms. The number of halogens is 2. The molecule has 1 aliphatic rings. The van der Waals surface area contributed by atoms with Crippen molar-refractivity contribution in [3.63, 3.8) is 0 Å². The van der Waals surface area contributed by atoms with Gasteiger partial charge in [0.2, 0.25) is 5.88 Å². The van der Waals surface area contributed by atoms with E-state index in [0.29, 0.717) is 10.0 Å². The molecule has 3 rings (SSSR count). The summed E-state index contributed by atoms with van der Waals surface area (Å²) in [5.41, 5.74) is 0.413. The van der Waals surface area contributed by atoms with Gasteiger partial charge in [0.15, 0.2) is 0 Å². The topological polar surface area (TPSA) is 51.2 Å². The number of nitrogens with one attached hydrogen (secondary N) is 1. The van der Waals surface area contributed by atoms with Crippen LogP contribution in [0.5, 0.6) is 5.88 Å². The smallest absolute Gasteiger partial charge is 0.261 e. The van der Waals surface area contributed by atoms with Crippen LogP contribution in [-0.2, 0) is 0 Å². The fraction of sp³-hybridized carbons (Fsp3) is 0.250. The molecule has 1 fully saturated rings. The monoisotopic (exact) mass is 396 g/mol. The van der Waals surface area contributed by atoms with E-state index in [4.69, 9.17) is 4.74 Å². The molecule has 2 aromatic rings. The van der Waals surface area contributed by atoms with Gasteiger partial charge in [-0.2, -0.15) is 11.8 Å². The lowest BCUT2D eigenvalue weighted by Gasteiger charge is -2.14. The number of pyridine rings is 1. The minimum Gasteiger partial charge on any atom is -0.473 e. The van der Waals surface area contributed by atoms with Crippen LogP contribution in [0.2, 0.25) is 0 Å². The quantitative estimate of drug-likeness (QED) is 0.844. The molecule has 1 aromatic carbocycles. The Morgan fingerprint density at radius 2 is 2.30 bits per heavy atom. The molecule has 1 aliphatic heterocycles. The van der Waals surface area contributed by atoms with Gasteiger partial charge in [0.05, 0.1) is 5.69 Å². The summed E-state index contributed by atoms with van der Waals surface area (Å²) in [6.45, 7) is 0. The molecule has 1 unspecified atom stereocenters. The summed E-state index contributed by atoms with van der Waals surface area (Å²) in [6, 6.07) is 7.74. The van der Waals surface area contributed by atoms with Crippen molar-refractivity contribution in [2.45, 2.75) is 12.5 Å². The molecule has 1 saturated heterocycles. The third-order valence-electron chi connectivity index (χ3n) is 3.36. The number of aromatic nitrogens is 1. The van der Waals surface area contributed by atoms with E-state index in [0.717, 1.165) is 17.9 Å². The Morgan fingerprint density at radius 1 is 1.43 bits per heavy atom. The lowest BCUT2D eigenvalue weighted by Crippen LogP contribution is -2.20. The third kappa shape index (κ3) is 4.03. The van der Waals surface area contributed by atoms with Gasteiger partial charge in [-0.25, -0.2) is 9.37 Å². The van der Waals surface area contributed by atoms with Gasteiger partial charge in [0.25, 0.3) is 5.91 Å². The van der Waals surface area contributed by atoms with Crippen LogP contribution in [0.1, 0.15) is 16.8 Å². The van der Waals surface area contributed by atoms with Crippen LogP contribution in [0, 0.1) is 5.82 Å². The summed E-state index contributed by atoms with van der Waals surface area (Å²) in [5.74, 6) is 1.27. The number of hydrogen-bond donors (Lipinski definition) is 1. The number of benzene rings is 1. The van der Waals surface area contributed by atoms with E-state index in [1.807, 2.05) is 11.8 Å². The number of nitrogens with zero attached hydrogens (tertiary/aromatic N) is 1. The zero-order chi connectivity index (χ0) is 16.2. The van der Waals surface area contributed by atoms with Gasteiger partial charge in [-0.05, 0) is 42.5 Å². The summed E-state index contributed by atoms with van der Waals surface area (Å²) in [7, 11) is 0. The van der Waals surface area contributed by atoms with E-state index in [2.05, 4.69) is 26.2 Å². The molecule has 120 valence electrons. The van der Waals surface area contributed by atoms with Crippen molar-refractivity contribution in [2.75, 3.05) is 16.8 Å². The van der Waals surface area contributed by atoms with Crippen molar-refractivity contribution >= 4 is 39.3 Å². The van der Waals surface area contributed by atoms with Crippen molar-refractivity contribution in [3.8, 4) is 5.88 Å². The number of ether oxygens (including phenoxy) is 1. The predicted molar refractivity (Wildman–Crippen MR) is 92.6 cm³/mol. The number of carbonyl (C=O) groups is 1. The molecule has 7 heteroatoms.